The van der Waals surface area contributed by atoms with Gasteiger partial charge in [0.1, 0.15) is 11.5 Å². The third kappa shape index (κ3) is 6.83. The summed E-state index contributed by atoms with van der Waals surface area (Å²) in [6, 6.07) is 12.3. The van der Waals surface area contributed by atoms with Gasteiger partial charge in [0, 0.05) is 30.1 Å². The number of ether oxygens (including phenoxy) is 2. The van der Waals surface area contributed by atoms with Crippen LogP contribution in [-0.2, 0) is 17.6 Å². The van der Waals surface area contributed by atoms with Crippen molar-refractivity contribution < 1.29 is 14.3 Å². The summed E-state index contributed by atoms with van der Waals surface area (Å²) in [7, 11) is 3.36. The maximum absolute atomic E-state index is 12.7. The lowest BCUT2D eigenvalue weighted by molar-refractivity contribution is -0.117. The van der Waals surface area contributed by atoms with E-state index in [9.17, 15) is 4.79 Å². The van der Waals surface area contributed by atoms with E-state index >= 15 is 0 Å². The SMILES string of the molecule is CCCCc1c(/C=C/C(=O)N[C@H](C)CCCc2cccnc2)c(OC)cc2ccc(OC)cc12. The Morgan fingerprint density at radius 2 is 1.97 bits per heavy atom. The molecule has 1 N–H and O–H groups in total. The average molecular weight is 461 g/mol. The highest BCUT2D eigenvalue weighted by Crippen LogP contribution is 2.35. The number of rotatable bonds is 12. The zero-order valence-electron chi connectivity index (χ0n) is 20.8. The van der Waals surface area contributed by atoms with Gasteiger partial charge >= 0.3 is 0 Å². The number of aromatic nitrogens is 1. The first-order valence-corrected chi connectivity index (χ1v) is 12.1. The summed E-state index contributed by atoms with van der Waals surface area (Å²) in [5.74, 6) is 1.50. The average Bonchev–Trinajstić information content (AvgIpc) is 2.86. The van der Waals surface area contributed by atoms with Crippen LogP contribution in [0.3, 0.4) is 0 Å². The molecule has 0 bridgehead atoms. The number of pyridine rings is 1. The summed E-state index contributed by atoms with van der Waals surface area (Å²) < 4.78 is 11.2. The van der Waals surface area contributed by atoms with Crippen LogP contribution in [0.5, 0.6) is 11.5 Å². The van der Waals surface area contributed by atoms with E-state index < -0.39 is 0 Å². The topological polar surface area (TPSA) is 60.5 Å². The molecule has 1 aromatic heterocycles. The van der Waals surface area contributed by atoms with Crippen LogP contribution in [0.4, 0.5) is 0 Å². The number of nitrogens with one attached hydrogen (secondary N) is 1. The molecule has 0 unspecified atom stereocenters. The van der Waals surface area contributed by atoms with E-state index in [-0.39, 0.29) is 11.9 Å². The molecule has 1 atom stereocenters. The summed E-state index contributed by atoms with van der Waals surface area (Å²) in [6.07, 6.45) is 13.1. The first kappa shape index (κ1) is 25.3. The van der Waals surface area contributed by atoms with Crippen LogP contribution in [0.2, 0.25) is 0 Å². The fourth-order valence-corrected chi connectivity index (χ4v) is 4.22. The van der Waals surface area contributed by atoms with E-state index in [0.717, 1.165) is 66.4 Å². The van der Waals surface area contributed by atoms with E-state index in [2.05, 4.69) is 35.4 Å². The number of fused-ring (bicyclic) bond motifs is 1. The maximum Gasteiger partial charge on any atom is 0.244 e. The summed E-state index contributed by atoms with van der Waals surface area (Å²) in [5.41, 5.74) is 3.36. The second kappa shape index (κ2) is 12.8. The molecular formula is C29H36N2O3. The molecule has 34 heavy (non-hydrogen) atoms. The number of nitrogens with zero attached hydrogens (tertiary/aromatic N) is 1. The molecule has 0 aliphatic rings. The lowest BCUT2D eigenvalue weighted by atomic mass is 9.93. The molecule has 180 valence electrons. The van der Waals surface area contributed by atoms with Crippen molar-refractivity contribution in [2.75, 3.05) is 14.2 Å². The summed E-state index contributed by atoms with van der Waals surface area (Å²) >= 11 is 0. The number of aryl methyl sites for hydroxylation is 2. The van der Waals surface area contributed by atoms with Gasteiger partial charge in [-0.3, -0.25) is 9.78 Å². The minimum atomic E-state index is -0.0943. The van der Waals surface area contributed by atoms with E-state index in [1.807, 2.05) is 37.4 Å². The molecule has 3 aromatic rings. The van der Waals surface area contributed by atoms with Gasteiger partial charge in [-0.25, -0.2) is 0 Å². The van der Waals surface area contributed by atoms with Gasteiger partial charge in [-0.2, -0.15) is 0 Å². The summed E-state index contributed by atoms with van der Waals surface area (Å²) in [4.78, 5) is 16.8. The van der Waals surface area contributed by atoms with Gasteiger partial charge in [-0.1, -0.05) is 25.5 Å². The zero-order chi connectivity index (χ0) is 24.3. The van der Waals surface area contributed by atoms with Crippen molar-refractivity contribution in [3.63, 3.8) is 0 Å². The van der Waals surface area contributed by atoms with Gasteiger partial charge in [0.15, 0.2) is 0 Å². The molecule has 0 spiro atoms. The van der Waals surface area contributed by atoms with Crippen LogP contribution in [0.25, 0.3) is 16.8 Å². The molecule has 5 heteroatoms. The standard InChI is InChI=1S/C29H36N2O3/c1-5-6-12-25-26(28(34-4)18-23-13-14-24(33-3)19-27(23)25)15-16-29(32)31-21(2)9-7-10-22-11-8-17-30-20-22/h8,11,13-21H,5-7,9-10,12H2,1-4H3,(H,31,32)/b16-15+/t21-/m1/s1. The Hall–Kier alpha value is -3.34. The summed E-state index contributed by atoms with van der Waals surface area (Å²) in [6.45, 7) is 4.23. The summed E-state index contributed by atoms with van der Waals surface area (Å²) in [5, 5.41) is 5.33. The van der Waals surface area contributed by atoms with Gasteiger partial charge in [0.25, 0.3) is 0 Å². The van der Waals surface area contributed by atoms with Gasteiger partial charge in [-0.05, 0) is 91.3 Å². The molecule has 0 saturated carbocycles. The predicted octanol–water partition coefficient (Wildman–Crippen LogP) is 6.14. The Kier molecular flexibility index (Phi) is 9.51. The molecule has 0 saturated heterocycles. The second-order valence-electron chi connectivity index (χ2n) is 8.66. The number of unbranched alkanes of at least 4 members (excludes halogenated alkanes) is 1. The fraction of sp³-hybridized carbons (Fsp3) is 0.379. The van der Waals surface area contributed by atoms with Crippen LogP contribution < -0.4 is 14.8 Å². The third-order valence-electron chi connectivity index (χ3n) is 6.08. The maximum atomic E-state index is 12.7. The molecular weight excluding hydrogens is 424 g/mol. The van der Waals surface area contributed by atoms with Crippen LogP contribution in [-0.4, -0.2) is 31.2 Å². The van der Waals surface area contributed by atoms with E-state index in [1.54, 1.807) is 26.5 Å². The van der Waals surface area contributed by atoms with Crippen LogP contribution in [0.15, 0.2) is 54.9 Å². The smallest absolute Gasteiger partial charge is 0.244 e. The van der Waals surface area contributed by atoms with Crippen molar-refractivity contribution in [3.05, 3.63) is 71.6 Å². The number of hydrogen-bond donors (Lipinski definition) is 1. The molecule has 2 aromatic carbocycles. The van der Waals surface area contributed by atoms with Gasteiger partial charge in [-0.15, -0.1) is 0 Å². The predicted molar refractivity (Wildman–Crippen MR) is 139 cm³/mol. The first-order chi connectivity index (χ1) is 16.5. The van der Waals surface area contributed by atoms with E-state index in [4.69, 9.17) is 9.47 Å². The molecule has 3 rings (SSSR count). The van der Waals surface area contributed by atoms with Gasteiger partial charge < -0.3 is 14.8 Å². The zero-order valence-corrected chi connectivity index (χ0v) is 20.8. The normalized spacial score (nSPS) is 12.1. The van der Waals surface area contributed by atoms with E-state index in [0.29, 0.717) is 0 Å². The highest BCUT2D eigenvalue weighted by atomic mass is 16.5. The first-order valence-electron chi connectivity index (χ1n) is 12.1. The second-order valence-corrected chi connectivity index (χ2v) is 8.66. The molecule has 0 fully saturated rings. The fourth-order valence-electron chi connectivity index (χ4n) is 4.22. The Balaban J connectivity index is 1.74. The van der Waals surface area contributed by atoms with Gasteiger partial charge in [0.2, 0.25) is 5.91 Å². The highest BCUT2D eigenvalue weighted by molar-refractivity contribution is 5.96. The quantitative estimate of drug-likeness (QED) is 0.330. The molecule has 1 heterocycles. The largest absolute Gasteiger partial charge is 0.497 e. The third-order valence-corrected chi connectivity index (χ3v) is 6.08. The Bertz CT molecular complexity index is 1110. The Morgan fingerprint density at radius 3 is 2.68 bits per heavy atom. The number of amides is 1. The van der Waals surface area contributed by atoms with Crippen molar-refractivity contribution in [2.45, 2.75) is 58.4 Å². The Labute approximate surface area is 203 Å². The molecule has 0 radical (unpaired) electrons. The molecule has 1 amide bonds. The number of benzene rings is 2. The van der Waals surface area contributed by atoms with Crippen LogP contribution in [0.1, 0.15) is 56.2 Å². The molecule has 5 nitrogen and oxygen atoms in total. The lowest BCUT2D eigenvalue weighted by Crippen LogP contribution is -2.31. The monoisotopic (exact) mass is 460 g/mol. The minimum absolute atomic E-state index is 0.0937. The number of carbonyl (C=O) groups excluding carboxylic acids is 1. The van der Waals surface area contributed by atoms with Crippen LogP contribution in [0, 0.1) is 0 Å². The minimum Gasteiger partial charge on any atom is -0.497 e. The van der Waals surface area contributed by atoms with Crippen molar-refractivity contribution >= 4 is 22.8 Å². The Morgan fingerprint density at radius 1 is 1.12 bits per heavy atom. The van der Waals surface area contributed by atoms with Crippen molar-refractivity contribution in [1.29, 1.82) is 0 Å². The highest BCUT2D eigenvalue weighted by Gasteiger charge is 2.14. The van der Waals surface area contributed by atoms with Crippen molar-refractivity contribution in [3.8, 4) is 11.5 Å². The van der Waals surface area contributed by atoms with E-state index in [1.165, 1.54) is 11.1 Å². The molecule has 0 aliphatic heterocycles. The van der Waals surface area contributed by atoms with Crippen LogP contribution >= 0.6 is 0 Å². The molecule has 0 aliphatic carbocycles. The lowest BCUT2D eigenvalue weighted by Gasteiger charge is -2.16. The number of methoxy groups -OCH3 is 2. The van der Waals surface area contributed by atoms with Gasteiger partial charge in [0.05, 0.1) is 14.2 Å². The van der Waals surface area contributed by atoms with Crippen molar-refractivity contribution in [2.24, 2.45) is 0 Å². The number of carbonyl (C=O) groups is 1. The van der Waals surface area contributed by atoms with Crippen molar-refractivity contribution in [1.82, 2.24) is 10.3 Å². The number of hydrogen-bond acceptors (Lipinski definition) is 4.